The quantitative estimate of drug-likeness (QED) is 0.137. The molecule has 4 aliphatic rings. The molecule has 3 saturated carbocycles. The van der Waals surface area contributed by atoms with Crippen LogP contribution in [0.25, 0.3) is 0 Å². The van der Waals surface area contributed by atoms with Crippen molar-refractivity contribution < 1.29 is 9.53 Å². The van der Waals surface area contributed by atoms with Gasteiger partial charge in [0.2, 0.25) is 0 Å². The van der Waals surface area contributed by atoms with Gasteiger partial charge in [0, 0.05) is 6.42 Å². The molecule has 0 unspecified atom stereocenters. The van der Waals surface area contributed by atoms with E-state index in [1.54, 1.807) is 5.57 Å². The number of alkyl halides is 1. The first-order chi connectivity index (χ1) is 15.2. The molecule has 3 heteroatoms. The van der Waals surface area contributed by atoms with Gasteiger partial charge in [0.25, 0.3) is 0 Å². The molecule has 4 aliphatic carbocycles. The largest absolute Gasteiger partial charge is 0.461 e. The Morgan fingerprint density at radius 3 is 2.59 bits per heavy atom. The van der Waals surface area contributed by atoms with Crippen LogP contribution in [0.1, 0.15) is 105 Å². The van der Waals surface area contributed by atoms with Crippen LogP contribution < -0.4 is 0 Å². The van der Waals surface area contributed by atoms with Gasteiger partial charge in [-0.25, -0.2) is 0 Å². The van der Waals surface area contributed by atoms with Crippen molar-refractivity contribution >= 4 is 28.6 Å². The summed E-state index contributed by atoms with van der Waals surface area (Å²) >= 11 is 2.12. The molecule has 0 bridgehead atoms. The molecule has 182 valence electrons. The van der Waals surface area contributed by atoms with E-state index in [1.165, 1.54) is 57.8 Å². The van der Waals surface area contributed by atoms with E-state index in [2.05, 4.69) is 63.3 Å². The fourth-order valence-corrected chi connectivity index (χ4v) is 9.15. The standard InChI is InChI=1S/C29H47IO2/c1-19(2)7-6-8-20(3)24-11-12-25-23-10-9-21-17-22(32-27(31)18-30)13-15-28(21,4)26(23)14-16-29(24,25)5/h9,19-20,22-26H,6-8,10-18H2,1-5H3/t20-,22+,23-,24+,25-,26-,28+,29-/m1/s1. The topological polar surface area (TPSA) is 26.3 Å². The van der Waals surface area contributed by atoms with E-state index >= 15 is 0 Å². The molecule has 0 N–H and O–H groups in total. The molecular formula is C29H47IO2. The number of rotatable bonds is 7. The minimum atomic E-state index is -0.0403. The van der Waals surface area contributed by atoms with Crippen molar-refractivity contribution in [2.45, 2.75) is 111 Å². The highest BCUT2D eigenvalue weighted by Crippen LogP contribution is 2.67. The molecule has 0 aliphatic heterocycles. The molecule has 0 spiro atoms. The van der Waals surface area contributed by atoms with Gasteiger partial charge in [-0.15, -0.1) is 0 Å². The third-order valence-electron chi connectivity index (χ3n) is 10.7. The second-order valence-corrected chi connectivity index (χ2v) is 13.5. The SMILES string of the molecule is CC(C)CCC[C@@H](C)[C@@H]1CC[C@@H]2[C@H]3CC=C4C[C@@H](OC(=O)CI)CC[C@]4(C)[C@@H]3CC[C@@]21C. The molecule has 8 atom stereocenters. The summed E-state index contributed by atoms with van der Waals surface area (Å²) < 4.78 is 6.22. The molecule has 4 rings (SSSR count). The van der Waals surface area contributed by atoms with Crippen molar-refractivity contribution in [3.63, 3.8) is 0 Å². The minimum absolute atomic E-state index is 0.0403. The third kappa shape index (κ3) is 4.59. The summed E-state index contributed by atoms with van der Waals surface area (Å²) in [7, 11) is 0. The molecular weight excluding hydrogens is 507 g/mol. The van der Waals surface area contributed by atoms with E-state index in [4.69, 9.17) is 4.74 Å². The Labute approximate surface area is 211 Å². The van der Waals surface area contributed by atoms with Gasteiger partial charge in [-0.05, 0) is 91.3 Å². The highest BCUT2D eigenvalue weighted by Gasteiger charge is 2.59. The summed E-state index contributed by atoms with van der Waals surface area (Å²) in [4.78, 5) is 11.8. The van der Waals surface area contributed by atoms with Gasteiger partial charge < -0.3 is 4.74 Å². The van der Waals surface area contributed by atoms with Gasteiger partial charge in [0.15, 0.2) is 0 Å². The molecule has 2 nitrogen and oxygen atoms in total. The summed E-state index contributed by atoms with van der Waals surface area (Å²) in [6.45, 7) is 12.6. The Morgan fingerprint density at radius 1 is 1.09 bits per heavy atom. The first kappa shape index (κ1) is 25.0. The summed E-state index contributed by atoms with van der Waals surface area (Å²) in [6, 6.07) is 0. The van der Waals surface area contributed by atoms with E-state index in [1.807, 2.05) is 0 Å². The number of esters is 1. The maximum Gasteiger partial charge on any atom is 0.316 e. The summed E-state index contributed by atoms with van der Waals surface area (Å²) in [5, 5.41) is 0. The van der Waals surface area contributed by atoms with Crippen molar-refractivity contribution in [2.75, 3.05) is 4.43 Å². The number of hydrogen-bond acceptors (Lipinski definition) is 2. The summed E-state index contributed by atoms with van der Waals surface area (Å²) in [5.41, 5.74) is 2.53. The number of ether oxygens (including phenoxy) is 1. The Bertz CT molecular complexity index is 714. The zero-order valence-corrected chi connectivity index (χ0v) is 23.5. The second kappa shape index (κ2) is 9.90. The van der Waals surface area contributed by atoms with Crippen molar-refractivity contribution in [2.24, 2.45) is 46.3 Å². The Morgan fingerprint density at radius 2 is 1.88 bits per heavy atom. The van der Waals surface area contributed by atoms with E-state index in [0.717, 1.165) is 48.3 Å². The van der Waals surface area contributed by atoms with Gasteiger partial charge in [-0.1, -0.05) is 88.1 Å². The maximum atomic E-state index is 11.8. The van der Waals surface area contributed by atoms with Gasteiger partial charge in [-0.3, -0.25) is 4.79 Å². The average molecular weight is 555 g/mol. The van der Waals surface area contributed by atoms with Crippen LogP contribution in [0.15, 0.2) is 11.6 Å². The van der Waals surface area contributed by atoms with Crippen LogP contribution in [0, 0.1) is 46.3 Å². The summed E-state index contributed by atoms with van der Waals surface area (Å²) in [5.74, 6) is 5.26. The monoisotopic (exact) mass is 554 g/mol. The van der Waals surface area contributed by atoms with Gasteiger partial charge >= 0.3 is 5.97 Å². The van der Waals surface area contributed by atoms with Gasteiger partial charge in [-0.2, -0.15) is 0 Å². The molecule has 0 radical (unpaired) electrons. The molecule has 32 heavy (non-hydrogen) atoms. The van der Waals surface area contributed by atoms with Crippen LogP contribution in [-0.2, 0) is 9.53 Å². The summed E-state index contributed by atoms with van der Waals surface area (Å²) in [6.07, 6.45) is 17.3. The number of halogens is 1. The van der Waals surface area contributed by atoms with E-state index < -0.39 is 0 Å². The van der Waals surface area contributed by atoms with Crippen LogP contribution in [-0.4, -0.2) is 16.5 Å². The van der Waals surface area contributed by atoms with Crippen LogP contribution in [0.2, 0.25) is 0 Å². The molecule has 0 aromatic carbocycles. The van der Waals surface area contributed by atoms with Crippen LogP contribution in [0.5, 0.6) is 0 Å². The van der Waals surface area contributed by atoms with E-state index in [0.29, 0.717) is 15.3 Å². The predicted octanol–water partition coefficient (Wildman–Crippen LogP) is 8.37. The van der Waals surface area contributed by atoms with Crippen molar-refractivity contribution in [1.29, 1.82) is 0 Å². The molecule has 0 aromatic rings. The second-order valence-electron chi connectivity index (χ2n) is 12.8. The Balaban J connectivity index is 1.45. The smallest absolute Gasteiger partial charge is 0.316 e. The molecule has 0 amide bonds. The number of carbonyl (C=O) groups is 1. The first-order valence-electron chi connectivity index (χ1n) is 13.6. The molecule has 0 aromatic heterocycles. The average Bonchev–Trinajstić information content (AvgIpc) is 3.11. The minimum Gasteiger partial charge on any atom is -0.461 e. The van der Waals surface area contributed by atoms with Crippen molar-refractivity contribution in [1.82, 2.24) is 0 Å². The lowest BCUT2D eigenvalue weighted by Crippen LogP contribution is -2.51. The normalized spacial score (nSPS) is 42.0. The van der Waals surface area contributed by atoms with Crippen LogP contribution >= 0.6 is 22.6 Å². The zero-order valence-electron chi connectivity index (χ0n) is 21.3. The lowest BCUT2D eigenvalue weighted by molar-refractivity contribution is -0.147. The Kier molecular flexibility index (Phi) is 7.75. The third-order valence-corrected chi connectivity index (χ3v) is 11.3. The highest BCUT2D eigenvalue weighted by molar-refractivity contribution is 14.1. The first-order valence-corrected chi connectivity index (χ1v) is 15.2. The lowest BCUT2D eigenvalue weighted by Gasteiger charge is -2.58. The Hall–Kier alpha value is -0.0600. The molecule has 0 saturated heterocycles. The maximum absolute atomic E-state index is 11.8. The van der Waals surface area contributed by atoms with Crippen LogP contribution in [0.3, 0.4) is 0 Å². The number of allylic oxidation sites excluding steroid dienone is 1. The fraction of sp³-hybridized carbons (Fsp3) is 0.897. The number of carbonyl (C=O) groups excluding carboxylic acids is 1. The lowest BCUT2D eigenvalue weighted by atomic mass is 9.47. The van der Waals surface area contributed by atoms with Crippen LogP contribution in [0.4, 0.5) is 0 Å². The highest BCUT2D eigenvalue weighted by atomic mass is 127. The zero-order chi connectivity index (χ0) is 23.1. The van der Waals surface area contributed by atoms with Gasteiger partial charge in [0.05, 0.1) is 4.43 Å². The van der Waals surface area contributed by atoms with Gasteiger partial charge in [0.1, 0.15) is 6.10 Å². The van der Waals surface area contributed by atoms with Crippen molar-refractivity contribution in [3.05, 3.63) is 11.6 Å². The van der Waals surface area contributed by atoms with E-state index in [9.17, 15) is 4.79 Å². The van der Waals surface area contributed by atoms with E-state index in [-0.39, 0.29) is 12.1 Å². The predicted molar refractivity (Wildman–Crippen MR) is 142 cm³/mol. The number of fused-ring (bicyclic) bond motifs is 5. The van der Waals surface area contributed by atoms with Crippen molar-refractivity contribution in [3.8, 4) is 0 Å². The molecule has 0 heterocycles. The molecule has 3 fully saturated rings. The number of hydrogen-bond donors (Lipinski definition) is 0. The fourth-order valence-electron chi connectivity index (χ4n) is 8.97.